The van der Waals surface area contributed by atoms with Crippen LogP contribution in [0.4, 0.5) is 0 Å². The molecule has 2 aromatic carbocycles. The summed E-state index contributed by atoms with van der Waals surface area (Å²) in [5.41, 5.74) is 8.08. The van der Waals surface area contributed by atoms with Gasteiger partial charge in [0.25, 0.3) is 0 Å². The predicted octanol–water partition coefficient (Wildman–Crippen LogP) is 3.17. The summed E-state index contributed by atoms with van der Waals surface area (Å²) in [6.45, 7) is 0.470. The lowest BCUT2D eigenvalue weighted by atomic mass is 10.1. The molecule has 0 unspecified atom stereocenters. The number of carbonyl (C=O) groups is 2. The van der Waals surface area contributed by atoms with Crippen LogP contribution in [0.15, 0.2) is 52.3 Å². The SMILES string of the molecule is NCc1ccc(/C=C2\Sc3c(C(=O)O)cccc3C2=O)cc1. The van der Waals surface area contributed by atoms with Crippen molar-refractivity contribution in [3.8, 4) is 0 Å². The van der Waals surface area contributed by atoms with Crippen LogP contribution in [0.1, 0.15) is 31.8 Å². The minimum Gasteiger partial charge on any atom is -0.478 e. The summed E-state index contributed by atoms with van der Waals surface area (Å²) in [6.07, 6.45) is 1.78. The summed E-state index contributed by atoms with van der Waals surface area (Å²) in [5, 5.41) is 9.21. The first-order valence-corrected chi connectivity index (χ1v) is 7.51. The Morgan fingerprint density at radius 2 is 1.91 bits per heavy atom. The van der Waals surface area contributed by atoms with E-state index >= 15 is 0 Å². The Morgan fingerprint density at radius 1 is 1.18 bits per heavy atom. The van der Waals surface area contributed by atoms with Gasteiger partial charge in [0.1, 0.15) is 0 Å². The second kappa shape index (κ2) is 5.79. The van der Waals surface area contributed by atoms with Gasteiger partial charge in [0.15, 0.2) is 0 Å². The number of nitrogens with two attached hydrogens (primary N) is 1. The van der Waals surface area contributed by atoms with Gasteiger partial charge in [0, 0.05) is 17.0 Å². The maximum atomic E-state index is 12.4. The van der Waals surface area contributed by atoms with Crippen molar-refractivity contribution in [3.05, 3.63) is 69.6 Å². The van der Waals surface area contributed by atoms with E-state index in [0.29, 0.717) is 21.9 Å². The van der Waals surface area contributed by atoms with E-state index in [0.717, 1.165) is 11.1 Å². The molecule has 0 saturated heterocycles. The molecule has 3 rings (SSSR count). The van der Waals surface area contributed by atoms with E-state index in [2.05, 4.69) is 0 Å². The van der Waals surface area contributed by atoms with Gasteiger partial charge in [-0.15, -0.1) is 0 Å². The fourth-order valence-corrected chi connectivity index (χ4v) is 3.43. The number of ketones is 1. The van der Waals surface area contributed by atoms with Crippen molar-refractivity contribution in [2.45, 2.75) is 11.4 Å². The second-order valence-corrected chi connectivity index (χ2v) is 5.93. The molecular formula is C17H13NO3S. The predicted molar refractivity (Wildman–Crippen MR) is 85.9 cm³/mol. The van der Waals surface area contributed by atoms with Gasteiger partial charge in [-0.3, -0.25) is 4.79 Å². The Bertz CT molecular complexity index is 794. The number of rotatable bonds is 3. The number of carboxylic acid groups (broad SMARTS) is 1. The Labute approximate surface area is 131 Å². The monoisotopic (exact) mass is 311 g/mol. The summed E-state index contributed by atoms with van der Waals surface area (Å²) < 4.78 is 0. The van der Waals surface area contributed by atoms with Crippen molar-refractivity contribution in [2.75, 3.05) is 0 Å². The molecule has 3 N–H and O–H groups in total. The molecule has 0 amide bonds. The maximum absolute atomic E-state index is 12.4. The Morgan fingerprint density at radius 3 is 2.55 bits per heavy atom. The number of benzene rings is 2. The van der Waals surface area contributed by atoms with Crippen LogP contribution in [0.2, 0.25) is 0 Å². The van der Waals surface area contributed by atoms with Gasteiger partial charge in [0.2, 0.25) is 5.78 Å². The third-order valence-corrected chi connectivity index (χ3v) is 4.61. The molecule has 0 atom stereocenters. The van der Waals surface area contributed by atoms with Gasteiger partial charge in [-0.2, -0.15) is 0 Å². The molecule has 110 valence electrons. The van der Waals surface area contributed by atoms with Crippen molar-refractivity contribution in [3.63, 3.8) is 0 Å². The Hall–Kier alpha value is -2.37. The minimum atomic E-state index is -1.02. The number of thioether (sulfide) groups is 1. The lowest BCUT2D eigenvalue weighted by Crippen LogP contribution is -2.00. The van der Waals surface area contributed by atoms with Crippen molar-refractivity contribution >= 4 is 29.6 Å². The zero-order valence-corrected chi connectivity index (χ0v) is 12.4. The standard InChI is InChI=1S/C17H13NO3S/c18-9-11-6-4-10(5-7-11)8-14-15(19)12-2-1-3-13(17(20)21)16(12)22-14/h1-8H,9,18H2,(H,20,21)/b14-8-. The van der Waals surface area contributed by atoms with Gasteiger partial charge in [-0.1, -0.05) is 42.1 Å². The van der Waals surface area contributed by atoms with Crippen LogP contribution in [-0.2, 0) is 6.54 Å². The van der Waals surface area contributed by atoms with Crippen LogP contribution >= 0.6 is 11.8 Å². The van der Waals surface area contributed by atoms with E-state index in [1.165, 1.54) is 17.8 Å². The average Bonchev–Trinajstić information content (AvgIpc) is 2.84. The first kappa shape index (κ1) is 14.6. The zero-order chi connectivity index (χ0) is 15.7. The highest BCUT2D eigenvalue weighted by atomic mass is 32.2. The number of carboxylic acids is 1. The summed E-state index contributed by atoms with van der Waals surface area (Å²) in [4.78, 5) is 24.7. The normalized spacial score (nSPS) is 15.1. The molecule has 0 aromatic heterocycles. The van der Waals surface area contributed by atoms with Crippen LogP contribution in [0.5, 0.6) is 0 Å². The average molecular weight is 311 g/mol. The van der Waals surface area contributed by atoms with Crippen LogP contribution in [0.3, 0.4) is 0 Å². The Kier molecular flexibility index (Phi) is 3.83. The molecule has 0 bridgehead atoms. The number of carbonyl (C=O) groups excluding carboxylic acids is 1. The topological polar surface area (TPSA) is 80.4 Å². The lowest BCUT2D eigenvalue weighted by molar-refractivity contribution is 0.0693. The molecule has 22 heavy (non-hydrogen) atoms. The summed E-state index contributed by atoms with van der Waals surface area (Å²) in [6, 6.07) is 12.4. The zero-order valence-electron chi connectivity index (χ0n) is 11.6. The molecule has 1 aliphatic rings. The molecule has 2 aromatic rings. The van der Waals surface area contributed by atoms with Crippen molar-refractivity contribution < 1.29 is 14.7 Å². The van der Waals surface area contributed by atoms with Crippen molar-refractivity contribution in [1.29, 1.82) is 0 Å². The minimum absolute atomic E-state index is 0.133. The first-order chi connectivity index (χ1) is 10.6. The molecular weight excluding hydrogens is 298 g/mol. The van der Waals surface area contributed by atoms with E-state index in [4.69, 9.17) is 5.73 Å². The maximum Gasteiger partial charge on any atom is 0.336 e. The molecule has 1 aliphatic heterocycles. The number of allylic oxidation sites excluding steroid dienone is 1. The van der Waals surface area contributed by atoms with Crippen molar-refractivity contribution in [1.82, 2.24) is 0 Å². The van der Waals surface area contributed by atoms with Gasteiger partial charge >= 0.3 is 5.97 Å². The van der Waals surface area contributed by atoms with E-state index in [-0.39, 0.29) is 11.3 Å². The quantitative estimate of drug-likeness (QED) is 0.851. The van der Waals surface area contributed by atoms with Crippen LogP contribution in [0, 0.1) is 0 Å². The van der Waals surface area contributed by atoms with Gasteiger partial charge in [-0.05, 0) is 29.3 Å². The summed E-state index contributed by atoms with van der Waals surface area (Å²) in [5.74, 6) is -1.16. The van der Waals surface area contributed by atoms with Gasteiger partial charge in [0.05, 0.1) is 10.5 Å². The molecule has 0 saturated carbocycles. The number of Topliss-reactive ketones (excluding diaryl/α,β-unsaturated/α-hetero) is 1. The molecule has 4 nitrogen and oxygen atoms in total. The third-order valence-electron chi connectivity index (χ3n) is 3.44. The smallest absolute Gasteiger partial charge is 0.336 e. The highest BCUT2D eigenvalue weighted by Crippen LogP contribution is 2.42. The summed E-state index contributed by atoms with van der Waals surface area (Å²) >= 11 is 1.21. The van der Waals surface area contributed by atoms with E-state index in [1.54, 1.807) is 18.2 Å². The molecule has 0 aliphatic carbocycles. The number of hydrogen-bond acceptors (Lipinski definition) is 4. The lowest BCUT2D eigenvalue weighted by Gasteiger charge is -2.00. The Balaban J connectivity index is 1.97. The van der Waals surface area contributed by atoms with Crippen LogP contribution in [0.25, 0.3) is 6.08 Å². The molecule has 0 radical (unpaired) electrons. The number of fused-ring (bicyclic) bond motifs is 1. The number of hydrogen-bond donors (Lipinski definition) is 2. The van der Waals surface area contributed by atoms with E-state index in [1.807, 2.05) is 24.3 Å². The highest BCUT2D eigenvalue weighted by molar-refractivity contribution is 8.05. The number of aromatic carboxylic acids is 1. The first-order valence-electron chi connectivity index (χ1n) is 6.69. The third kappa shape index (κ3) is 2.56. The molecule has 1 heterocycles. The van der Waals surface area contributed by atoms with Crippen LogP contribution < -0.4 is 5.73 Å². The van der Waals surface area contributed by atoms with E-state index < -0.39 is 5.97 Å². The van der Waals surface area contributed by atoms with Gasteiger partial charge < -0.3 is 10.8 Å². The highest BCUT2D eigenvalue weighted by Gasteiger charge is 2.29. The second-order valence-electron chi connectivity index (χ2n) is 4.87. The summed E-state index contributed by atoms with van der Waals surface area (Å²) in [7, 11) is 0. The fourth-order valence-electron chi connectivity index (χ4n) is 2.28. The fraction of sp³-hybridized carbons (Fsp3) is 0.0588. The van der Waals surface area contributed by atoms with Gasteiger partial charge in [-0.25, -0.2) is 4.79 Å². The largest absolute Gasteiger partial charge is 0.478 e. The molecule has 0 fully saturated rings. The molecule has 0 spiro atoms. The van der Waals surface area contributed by atoms with E-state index in [9.17, 15) is 14.7 Å². The molecule has 5 heteroatoms. The van der Waals surface area contributed by atoms with Crippen LogP contribution in [-0.4, -0.2) is 16.9 Å². The van der Waals surface area contributed by atoms with Crippen molar-refractivity contribution in [2.24, 2.45) is 5.73 Å².